The summed E-state index contributed by atoms with van der Waals surface area (Å²) < 4.78 is 5.52. The highest BCUT2D eigenvalue weighted by atomic mass is 32.1. The van der Waals surface area contributed by atoms with E-state index in [2.05, 4.69) is 15.5 Å². The van der Waals surface area contributed by atoms with Gasteiger partial charge in [0.25, 0.3) is 5.19 Å². The van der Waals surface area contributed by atoms with Gasteiger partial charge in [-0.15, -0.1) is 5.10 Å². The van der Waals surface area contributed by atoms with E-state index in [-0.39, 0.29) is 0 Å². The zero-order valence-electron chi connectivity index (χ0n) is 8.30. The number of hydrogen-bond donors (Lipinski definition) is 1. The lowest BCUT2D eigenvalue weighted by molar-refractivity contribution is 0.473. The van der Waals surface area contributed by atoms with Gasteiger partial charge in [-0.05, 0) is 19.2 Å². The molecule has 0 unspecified atom stereocenters. The van der Waals surface area contributed by atoms with E-state index in [0.717, 1.165) is 17.3 Å². The van der Waals surface area contributed by atoms with Gasteiger partial charge in [0.15, 0.2) is 0 Å². The number of aromatic nitrogens is 2. The molecule has 0 aliphatic rings. The first-order valence-electron chi connectivity index (χ1n) is 4.58. The van der Waals surface area contributed by atoms with E-state index in [0.29, 0.717) is 5.19 Å². The molecule has 0 saturated carbocycles. The second-order valence-electron chi connectivity index (χ2n) is 2.91. The van der Waals surface area contributed by atoms with Crippen molar-refractivity contribution in [3.63, 3.8) is 0 Å². The Morgan fingerprint density at radius 3 is 2.80 bits per heavy atom. The third-order valence-electron chi connectivity index (χ3n) is 1.72. The van der Waals surface area contributed by atoms with E-state index in [9.17, 15) is 0 Å². The van der Waals surface area contributed by atoms with Gasteiger partial charge in [0, 0.05) is 6.54 Å². The van der Waals surface area contributed by atoms with Crippen LogP contribution in [0.15, 0.2) is 30.3 Å². The highest BCUT2D eigenvalue weighted by molar-refractivity contribution is 7.13. The molecule has 4 nitrogen and oxygen atoms in total. The summed E-state index contributed by atoms with van der Waals surface area (Å²) >= 11 is 1.45. The van der Waals surface area contributed by atoms with Crippen molar-refractivity contribution in [2.75, 3.05) is 7.05 Å². The van der Waals surface area contributed by atoms with Crippen LogP contribution in [0, 0.1) is 0 Å². The van der Waals surface area contributed by atoms with Gasteiger partial charge in [-0.2, -0.15) is 0 Å². The Kier molecular flexibility index (Phi) is 3.26. The topological polar surface area (TPSA) is 47.0 Å². The molecule has 0 aliphatic heterocycles. The highest BCUT2D eigenvalue weighted by Crippen LogP contribution is 2.24. The van der Waals surface area contributed by atoms with E-state index >= 15 is 0 Å². The molecule has 78 valence electrons. The summed E-state index contributed by atoms with van der Waals surface area (Å²) in [7, 11) is 1.87. The molecule has 0 radical (unpaired) electrons. The molecule has 0 fully saturated rings. The molecule has 2 aromatic rings. The summed E-state index contributed by atoms with van der Waals surface area (Å²) in [4.78, 5) is 0. The molecule has 0 aliphatic carbocycles. The summed E-state index contributed by atoms with van der Waals surface area (Å²) in [6, 6.07) is 9.56. The minimum Gasteiger partial charge on any atom is -0.430 e. The number of nitrogens with one attached hydrogen (secondary N) is 1. The molecular weight excluding hydrogens is 210 g/mol. The Labute approximate surface area is 91.9 Å². The molecule has 15 heavy (non-hydrogen) atoms. The monoisotopic (exact) mass is 221 g/mol. The van der Waals surface area contributed by atoms with Crippen LogP contribution in [0.25, 0.3) is 0 Å². The maximum Gasteiger partial charge on any atom is 0.299 e. The number of rotatable bonds is 4. The lowest BCUT2D eigenvalue weighted by atomic mass is 10.3. The minimum absolute atomic E-state index is 0.575. The zero-order chi connectivity index (χ0) is 10.5. The molecule has 0 amide bonds. The normalized spacial score (nSPS) is 10.2. The summed E-state index contributed by atoms with van der Waals surface area (Å²) in [5.74, 6) is 0.782. The number of para-hydroxylation sites is 1. The molecule has 1 aromatic heterocycles. The second kappa shape index (κ2) is 4.86. The Morgan fingerprint density at radius 2 is 2.07 bits per heavy atom. The van der Waals surface area contributed by atoms with Crippen LogP contribution in [0.2, 0.25) is 0 Å². The van der Waals surface area contributed by atoms with E-state index in [1.54, 1.807) is 0 Å². The Bertz CT molecular complexity index is 416. The molecule has 2 rings (SSSR count). The SMILES string of the molecule is CNCc1nnc(Oc2ccccc2)s1. The van der Waals surface area contributed by atoms with Crippen LogP contribution in [0.1, 0.15) is 5.01 Å². The van der Waals surface area contributed by atoms with Crippen LogP contribution in [-0.2, 0) is 6.54 Å². The molecule has 1 heterocycles. The van der Waals surface area contributed by atoms with E-state index in [1.165, 1.54) is 11.3 Å². The summed E-state index contributed by atoms with van der Waals surface area (Å²) in [5.41, 5.74) is 0. The molecule has 0 atom stereocenters. The van der Waals surface area contributed by atoms with E-state index < -0.39 is 0 Å². The lowest BCUT2D eigenvalue weighted by Crippen LogP contribution is -2.04. The maximum absolute atomic E-state index is 5.52. The Hall–Kier alpha value is -1.46. The summed E-state index contributed by atoms with van der Waals surface area (Å²) in [6.07, 6.45) is 0. The third-order valence-corrected chi connectivity index (χ3v) is 2.53. The first kappa shape index (κ1) is 10.1. The first-order chi connectivity index (χ1) is 7.38. The van der Waals surface area contributed by atoms with Gasteiger partial charge in [-0.25, -0.2) is 0 Å². The van der Waals surface area contributed by atoms with Gasteiger partial charge in [0.2, 0.25) is 0 Å². The predicted octanol–water partition coefficient (Wildman–Crippen LogP) is 2.05. The second-order valence-corrected chi connectivity index (χ2v) is 3.93. The highest BCUT2D eigenvalue weighted by Gasteiger charge is 2.04. The molecule has 0 spiro atoms. The molecule has 0 bridgehead atoms. The number of benzene rings is 1. The molecular formula is C10H11N3OS. The van der Waals surface area contributed by atoms with Crippen LogP contribution < -0.4 is 10.1 Å². The summed E-state index contributed by atoms with van der Waals surface area (Å²) in [6.45, 7) is 0.718. The van der Waals surface area contributed by atoms with Crippen LogP contribution in [-0.4, -0.2) is 17.2 Å². The fourth-order valence-corrected chi connectivity index (χ4v) is 1.81. The van der Waals surface area contributed by atoms with E-state index in [1.807, 2.05) is 37.4 Å². The Morgan fingerprint density at radius 1 is 1.27 bits per heavy atom. The van der Waals surface area contributed by atoms with E-state index in [4.69, 9.17) is 4.74 Å². The van der Waals surface area contributed by atoms with Crippen molar-refractivity contribution in [3.05, 3.63) is 35.3 Å². The fourth-order valence-electron chi connectivity index (χ4n) is 1.09. The van der Waals surface area contributed by atoms with Gasteiger partial charge in [0.1, 0.15) is 10.8 Å². The Balaban J connectivity index is 2.05. The van der Waals surface area contributed by atoms with Crippen LogP contribution in [0.3, 0.4) is 0 Å². The van der Waals surface area contributed by atoms with Crippen LogP contribution in [0.4, 0.5) is 0 Å². The predicted molar refractivity (Wildman–Crippen MR) is 59.2 cm³/mol. The van der Waals surface area contributed by atoms with Gasteiger partial charge < -0.3 is 10.1 Å². The number of nitrogens with zero attached hydrogens (tertiary/aromatic N) is 2. The van der Waals surface area contributed by atoms with Gasteiger partial charge >= 0.3 is 0 Å². The average molecular weight is 221 g/mol. The third kappa shape index (κ3) is 2.74. The molecule has 0 saturated heterocycles. The molecule has 1 aromatic carbocycles. The van der Waals surface area contributed by atoms with Crippen LogP contribution in [0.5, 0.6) is 10.9 Å². The largest absolute Gasteiger partial charge is 0.430 e. The summed E-state index contributed by atoms with van der Waals surface area (Å²) in [5, 5.41) is 12.4. The number of ether oxygens (including phenoxy) is 1. The van der Waals surface area contributed by atoms with Crippen molar-refractivity contribution in [2.45, 2.75) is 6.54 Å². The van der Waals surface area contributed by atoms with Crippen LogP contribution >= 0.6 is 11.3 Å². The molecule has 1 N–H and O–H groups in total. The van der Waals surface area contributed by atoms with Crippen molar-refractivity contribution in [3.8, 4) is 10.9 Å². The maximum atomic E-state index is 5.52. The standard InChI is InChI=1S/C10H11N3OS/c1-11-7-9-12-13-10(15-9)14-8-5-3-2-4-6-8/h2-6,11H,7H2,1H3. The quantitative estimate of drug-likeness (QED) is 0.858. The van der Waals surface area contributed by atoms with Gasteiger partial charge in [-0.3, -0.25) is 0 Å². The number of hydrogen-bond acceptors (Lipinski definition) is 5. The van der Waals surface area contributed by atoms with Gasteiger partial charge in [-0.1, -0.05) is 34.6 Å². The first-order valence-corrected chi connectivity index (χ1v) is 5.40. The van der Waals surface area contributed by atoms with Crippen molar-refractivity contribution in [1.29, 1.82) is 0 Å². The minimum atomic E-state index is 0.575. The van der Waals surface area contributed by atoms with Crippen molar-refractivity contribution in [1.82, 2.24) is 15.5 Å². The van der Waals surface area contributed by atoms with Gasteiger partial charge in [0.05, 0.1) is 0 Å². The smallest absolute Gasteiger partial charge is 0.299 e. The lowest BCUT2D eigenvalue weighted by Gasteiger charge is -1.98. The zero-order valence-corrected chi connectivity index (χ0v) is 9.12. The average Bonchev–Trinajstić information content (AvgIpc) is 2.68. The van der Waals surface area contributed by atoms with Crippen molar-refractivity contribution in [2.24, 2.45) is 0 Å². The van der Waals surface area contributed by atoms with Crippen molar-refractivity contribution < 1.29 is 4.74 Å². The van der Waals surface area contributed by atoms with Crippen molar-refractivity contribution >= 4 is 11.3 Å². The fraction of sp³-hybridized carbons (Fsp3) is 0.200. The molecule has 5 heteroatoms.